The van der Waals surface area contributed by atoms with E-state index in [9.17, 15) is 24.9 Å². The Morgan fingerprint density at radius 1 is 0.725 bits per heavy atom. The molecule has 4 aromatic rings. The molecule has 1 aromatic heterocycles. The Bertz CT molecular complexity index is 1400. The van der Waals surface area contributed by atoms with Crippen LogP contribution < -0.4 is 9.84 Å². The van der Waals surface area contributed by atoms with Gasteiger partial charge in [-0.1, -0.05) is 62.1 Å². The number of esters is 1. The Labute approximate surface area is 232 Å². The summed E-state index contributed by atoms with van der Waals surface area (Å²) in [6, 6.07) is 20.8. The van der Waals surface area contributed by atoms with Crippen LogP contribution in [0.15, 0.2) is 83.5 Å². The molecule has 8 heteroatoms. The number of furan rings is 1. The Balaban J connectivity index is 1.09. The average Bonchev–Trinajstić information content (AvgIpc) is 3.46. The maximum absolute atomic E-state index is 12.0. The van der Waals surface area contributed by atoms with Gasteiger partial charge in [0.05, 0.1) is 19.5 Å². The van der Waals surface area contributed by atoms with E-state index in [1.807, 2.05) is 48.5 Å². The number of unbranched alkanes of at least 4 members (excludes halogenated alkanes) is 5. The molecule has 0 aliphatic carbocycles. The van der Waals surface area contributed by atoms with Crippen LogP contribution in [0.5, 0.6) is 17.2 Å². The first-order chi connectivity index (χ1) is 19.4. The number of benzene rings is 3. The minimum absolute atomic E-state index is 0.0366. The highest BCUT2D eigenvalue weighted by Crippen LogP contribution is 2.29. The van der Waals surface area contributed by atoms with Crippen LogP contribution >= 0.6 is 0 Å². The van der Waals surface area contributed by atoms with E-state index in [4.69, 9.17) is 13.9 Å². The number of phenols is 2. The molecule has 40 heavy (non-hydrogen) atoms. The highest BCUT2D eigenvalue weighted by Gasteiger charge is 2.13. The fourth-order valence-corrected chi connectivity index (χ4v) is 4.31. The Morgan fingerprint density at radius 2 is 1.32 bits per heavy atom. The van der Waals surface area contributed by atoms with Crippen molar-refractivity contribution in [2.45, 2.75) is 38.5 Å². The highest BCUT2D eigenvalue weighted by atomic mass is 16.5. The summed E-state index contributed by atoms with van der Waals surface area (Å²) in [5.74, 6) is -1.67. The smallest absolute Gasteiger partial charge is 0.342 e. The Morgan fingerprint density at radius 3 is 2.00 bits per heavy atom. The fraction of sp³-hybridized carbons (Fsp3) is 0.250. The van der Waals surface area contributed by atoms with Crippen molar-refractivity contribution in [3.63, 3.8) is 0 Å². The van der Waals surface area contributed by atoms with Gasteiger partial charge in [0.15, 0.2) is 5.76 Å². The van der Waals surface area contributed by atoms with E-state index in [0.717, 1.165) is 61.0 Å². The van der Waals surface area contributed by atoms with Crippen molar-refractivity contribution in [1.82, 2.24) is 0 Å². The summed E-state index contributed by atoms with van der Waals surface area (Å²) in [5, 5.41) is 30.3. The summed E-state index contributed by atoms with van der Waals surface area (Å²) in [5.41, 5.74) is 3.22. The average molecular weight is 544 g/mol. The number of carboxylic acids is 1. The first-order valence-corrected chi connectivity index (χ1v) is 13.2. The minimum atomic E-state index is -1.34. The number of aromatic carboxylic acids is 1. The lowest BCUT2D eigenvalue weighted by atomic mass is 10.0. The van der Waals surface area contributed by atoms with Crippen LogP contribution in [0.3, 0.4) is 0 Å². The van der Waals surface area contributed by atoms with Crippen LogP contribution in [0.1, 0.15) is 59.4 Å². The number of carbonyl (C=O) groups is 2. The van der Waals surface area contributed by atoms with Crippen LogP contribution in [-0.2, 0) is 4.74 Å². The zero-order valence-corrected chi connectivity index (χ0v) is 22.0. The van der Waals surface area contributed by atoms with Gasteiger partial charge in [-0.05, 0) is 65.9 Å². The molecular weight excluding hydrogens is 512 g/mol. The third-order valence-corrected chi connectivity index (χ3v) is 6.47. The maximum atomic E-state index is 12.0. The lowest BCUT2D eigenvalue weighted by Gasteiger charge is -2.09. The van der Waals surface area contributed by atoms with Gasteiger partial charge in [-0.25, -0.2) is 4.79 Å². The monoisotopic (exact) mass is 543 g/mol. The lowest BCUT2D eigenvalue weighted by Crippen LogP contribution is -2.22. The van der Waals surface area contributed by atoms with Gasteiger partial charge in [0.1, 0.15) is 28.8 Å². The van der Waals surface area contributed by atoms with Gasteiger partial charge in [0.25, 0.3) is 0 Å². The quantitative estimate of drug-likeness (QED) is 0.113. The van der Waals surface area contributed by atoms with Crippen molar-refractivity contribution in [3.05, 3.63) is 90.4 Å². The summed E-state index contributed by atoms with van der Waals surface area (Å²) in [4.78, 5) is 23.2. The predicted octanol–water partition coefficient (Wildman–Crippen LogP) is 5.96. The van der Waals surface area contributed by atoms with Gasteiger partial charge in [0, 0.05) is 5.56 Å². The van der Waals surface area contributed by atoms with E-state index in [0.29, 0.717) is 12.2 Å². The number of carbonyl (C=O) groups excluding carboxylic acids is 2. The number of rotatable bonds is 14. The standard InChI is InChI=1S/C32H32O8/c33-25-13-16-29(34)28(21-25)32(37)40-19-6-4-2-1-3-5-18-38-26-14-11-23(12-15-26)22-7-9-24(10-8-22)27-17-20-39-30(27)31(35)36/h7-17,20-21,33-34H,1-6,18-19H2,(H,35,36)/p-1. The summed E-state index contributed by atoms with van der Waals surface area (Å²) >= 11 is 0. The molecule has 0 fully saturated rings. The number of ether oxygens (including phenoxy) is 2. The second-order valence-corrected chi connectivity index (χ2v) is 9.36. The van der Waals surface area contributed by atoms with E-state index >= 15 is 0 Å². The van der Waals surface area contributed by atoms with Gasteiger partial charge in [-0.3, -0.25) is 0 Å². The Hall–Kier alpha value is -4.72. The van der Waals surface area contributed by atoms with Crippen LogP contribution in [0, 0.1) is 0 Å². The van der Waals surface area contributed by atoms with Crippen LogP contribution in [0.2, 0.25) is 0 Å². The third-order valence-electron chi connectivity index (χ3n) is 6.47. The highest BCUT2D eigenvalue weighted by molar-refractivity contribution is 5.93. The molecule has 0 atom stereocenters. The van der Waals surface area contributed by atoms with E-state index in [2.05, 4.69) is 0 Å². The van der Waals surface area contributed by atoms with E-state index in [1.54, 1.807) is 6.07 Å². The van der Waals surface area contributed by atoms with Gasteiger partial charge < -0.3 is 34.0 Å². The van der Waals surface area contributed by atoms with Gasteiger partial charge in [0.2, 0.25) is 0 Å². The van der Waals surface area contributed by atoms with Gasteiger partial charge >= 0.3 is 5.97 Å². The molecule has 0 unspecified atom stereocenters. The van der Waals surface area contributed by atoms with Crippen LogP contribution in [0.4, 0.5) is 0 Å². The van der Waals surface area contributed by atoms with E-state index in [1.165, 1.54) is 24.5 Å². The Kier molecular flexibility index (Phi) is 9.83. The summed E-state index contributed by atoms with van der Waals surface area (Å²) in [6.07, 6.45) is 7.07. The fourth-order valence-electron chi connectivity index (χ4n) is 4.31. The molecule has 0 bridgehead atoms. The first-order valence-electron chi connectivity index (χ1n) is 13.2. The molecule has 1 heterocycles. The van der Waals surface area contributed by atoms with Crippen molar-refractivity contribution in [3.8, 4) is 39.5 Å². The normalized spacial score (nSPS) is 10.8. The zero-order chi connectivity index (χ0) is 28.3. The number of phenolic OH excluding ortho intramolecular Hbond substituents is 2. The number of hydrogen-bond acceptors (Lipinski definition) is 8. The van der Waals surface area contributed by atoms with Crippen molar-refractivity contribution < 1.29 is 38.8 Å². The third kappa shape index (κ3) is 7.66. The van der Waals surface area contributed by atoms with Crippen LogP contribution in [0.25, 0.3) is 22.3 Å². The molecule has 0 radical (unpaired) electrons. The molecule has 0 aliphatic rings. The molecule has 0 aliphatic heterocycles. The second-order valence-electron chi connectivity index (χ2n) is 9.36. The zero-order valence-electron chi connectivity index (χ0n) is 22.0. The lowest BCUT2D eigenvalue weighted by molar-refractivity contribution is -0.257. The van der Waals surface area contributed by atoms with Gasteiger partial charge in [-0.2, -0.15) is 0 Å². The topological polar surface area (TPSA) is 129 Å². The van der Waals surface area contributed by atoms with Crippen molar-refractivity contribution >= 4 is 11.9 Å². The van der Waals surface area contributed by atoms with Crippen molar-refractivity contribution in [2.24, 2.45) is 0 Å². The summed E-state index contributed by atoms with van der Waals surface area (Å²) in [7, 11) is 0. The molecule has 3 aromatic carbocycles. The van der Waals surface area contributed by atoms with E-state index in [-0.39, 0.29) is 29.4 Å². The van der Waals surface area contributed by atoms with E-state index < -0.39 is 11.9 Å². The van der Waals surface area contributed by atoms with Crippen LogP contribution in [-0.4, -0.2) is 35.4 Å². The molecule has 0 spiro atoms. The SMILES string of the molecule is O=C(OCCCCCCCCOc1ccc(-c2ccc(-c3ccoc3C(=O)[O-])cc2)cc1)c1cc(O)ccc1O. The molecule has 2 N–H and O–H groups in total. The number of aromatic hydroxyl groups is 2. The largest absolute Gasteiger partial charge is 0.542 e. The molecule has 0 amide bonds. The molecule has 4 rings (SSSR count). The molecule has 8 nitrogen and oxygen atoms in total. The first kappa shape index (κ1) is 28.3. The summed E-state index contributed by atoms with van der Waals surface area (Å²) in [6.45, 7) is 0.898. The van der Waals surface area contributed by atoms with Crippen molar-refractivity contribution in [2.75, 3.05) is 13.2 Å². The molecule has 0 saturated heterocycles. The molecule has 0 saturated carbocycles. The summed E-state index contributed by atoms with van der Waals surface area (Å²) < 4.78 is 16.0. The van der Waals surface area contributed by atoms with Gasteiger partial charge in [-0.15, -0.1) is 0 Å². The number of carboxylic acid groups (broad SMARTS) is 1. The number of hydrogen-bond donors (Lipinski definition) is 2. The second kappa shape index (κ2) is 13.9. The predicted molar refractivity (Wildman–Crippen MR) is 147 cm³/mol. The molecular formula is C32H31O8-. The maximum Gasteiger partial charge on any atom is 0.342 e. The van der Waals surface area contributed by atoms with Crippen molar-refractivity contribution in [1.29, 1.82) is 0 Å². The minimum Gasteiger partial charge on any atom is -0.542 e. The molecule has 208 valence electrons.